The Bertz CT molecular complexity index is 62.3. The Balaban J connectivity index is 3.09. The van der Waals surface area contributed by atoms with Gasteiger partial charge in [-0.1, -0.05) is 26.3 Å². The van der Waals surface area contributed by atoms with E-state index in [1.54, 1.807) is 0 Å². The third kappa shape index (κ3) is 5.00. The summed E-state index contributed by atoms with van der Waals surface area (Å²) < 4.78 is 0. The van der Waals surface area contributed by atoms with Crippen LogP contribution < -0.4 is 0 Å². The van der Waals surface area contributed by atoms with Crippen LogP contribution in [0.5, 0.6) is 0 Å². The predicted octanol–water partition coefficient (Wildman–Crippen LogP) is 1.70. The summed E-state index contributed by atoms with van der Waals surface area (Å²) in [7, 11) is 3.47. The van der Waals surface area contributed by atoms with E-state index in [9.17, 15) is 0 Å². The van der Waals surface area contributed by atoms with Crippen LogP contribution >= 0.6 is 0 Å². The molecule has 0 unspecified atom stereocenters. The van der Waals surface area contributed by atoms with Gasteiger partial charge in [0, 0.05) is 10.2 Å². The maximum Gasteiger partial charge on any atom is 0.0222 e. The molecule has 0 aromatic rings. The van der Waals surface area contributed by atoms with Crippen molar-refractivity contribution in [2.75, 3.05) is 19.6 Å². The van der Waals surface area contributed by atoms with Gasteiger partial charge >= 0.3 is 0 Å². The molecule has 0 bridgehead atoms. The zero-order valence-corrected chi connectivity index (χ0v) is 8.19. The quantitative estimate of drug-likeness (QED) is 0.418. The maximum absolute atomic E-state index is 3.47. The van der Waals surface area contributed by atoms with E-state index in [0.717, 1.165) is 6.04 Å². The average Bonchev–Trinajstić information content (AvgIpc) is 1.99. The fourth-order valence-electron chi connectivity index (χ4n) is 1.00. The van der Waals surface area contributed by atoms with Gasteiger partial charge in [-0.25, -0.2) is 0 Å². The highest BCUT2D eigenvalue weighted by Gasteiger charge is 1.95. The van der Waals surface area contributed by atoms with Crippen LogP contribution in [-0.4, -0.2) is 34.8 Å². The lowest BCUT2D eigenvalue weighted by Gasteiger charge is -2.16. The SMILES string of the molecule is CCN(CC)CCCC[Si]. The van der Waals surface area contributed by atoms with Gasteiger partial charge in [-0.15, -0.1) is 0 Å². The topological polar surface area (TPSA) is 3.24 Å². The van der Waals surface area contributed by atoms with Crippen LogP contribution in [-0.2, 0) is 0 Å². The van der Waals surface area contributed by atoms with Gasteiger partial charge in [0.05, 0.1) is 0 Å². The number of hydrogen-bond donors (Lipinski definition) is 0. The molecule has 0 N–H and O–H groups in total. The Morgan fingerprint density at radius 1 is 1.10 bits per heavy atom. The molecule has 10 heavy (non-hydrogen) atoms. The highest BCUT2D eigenvalue weighted by atomic mass is 28.1. The van der Waals surface area contributed by atoms with Crippen molar-refractivity contribution in [3.63, 3.8) is 0 Å². The van der Waals surface area contributed by atoms with Crippen LogP contribution in [0.15, 0.2) is 0 Å². The van der Waals surface area contributed by atoms with Crippen LogP contribution in [0.2, 0.25) is 6.04 Å². The standard InChI is InChI=1S/C8H18NSi/c1-3-9(4-2)7-5-6-8-10/h3-8H2,1-2H3. The van der Waals surface area contributed by atoms with E-state index >= 15 is 0 Å². The molecule has 0 atom stereocenters. The number of hydrogen-bond acceptors (Lipinski definition) is 1. The lowest BCUT2D eigenvalue weighted by atomic mass is 10.3. The minimum Gasteiger partial charge on any atom is -0.304 e. The molecule has 0 rings (SSSR count). The van der Waals surface area contributed by atoms with Gasteiger partial charge < -0.3 is 4.90 Å². The van der Waals surface area contributed by atoms with Crippen molar-refractivity contribution in [2.24, 2.45) is 0 Å². The summed E-state index contributed by atoms with van der Waals surface area (Å²) in [5, 5.41) is 0. The Morgan fingerprint density at radius 2 is 1.70 bits per heavy atom. The molecule has 0 aromatic heterocycles. The molecule has 0 saturated heterocycles. The molecule has 0 heterocycles. The van der Waals surface area contributed by atoms with Crippen LogP contribution in [0.1, 0.15) is 26.7 Å². The minimum absolute atomic E-state index is 1.14. The second kappa shape index (κ2) is 7.29. The first-order valence-corrected chi connectivity index (χ1v) is 4.92. The molecule has 1 nitrogen and oxygen atoms in total. The smallest absolute Gasteiger partial charge is 0.0222 e. The highest BCUT2D eigenvalue weighted by Crippen LogP contribution is 1.96. The summed E-state index contributed by atoms with van der Waals surface area (Å²) in [6, 6.07) is 1.14. The van der Waals surface area contributed by atoms with Crippen LogP contribution in [0.25, 0.3) is 0 Å². The van der Waals surface area contributed by atoms with Gasteiger partial charge in [0.15, 0.2) is 0 Å². The number of unbranched alkanes of at least 4 members (excludes halogenated alkanes) is 1. The fourth-order valence-corrected chi connectivity index (χ4v) is 1.25. The molecule has 0 amide bonds. The van der Waals surface area contributed by atoms with Crippen molar-refractivity contribution in [3.05, 3.63) is 0 Å². The maximum atomic E-state index is 3.47. The first-order chi connectivity index (χ1) is 4.85. The predicted molar refractivity (Wildman–Crippen MR) is 47.6 cm³/mol. The summed E-state index contributed by atoms with van der Waals surface area (Å²) in [5.41, 5.74) is 0. The summed E-state index contributed by atoms with van der Waals surface area (Å²) in [6.07, 6.45) is 2.62. The zero-order chi connectivity index (χ0) is 7.82. The average molecular weight is 156 g/mol. The van der Waals surface area contributed by atoms with E-state index in [1.165, 1.54) is 32.5 Å². The van der Waals surface area contributed by atoms with Gasteiger partial charge in [-0.3, -0.25) is 0 Å². The second-order valence-electron chi connectivity index (χ2n) is 2.48. The van der Waals surface area contributed by atoms with E-state index in [4.69, 9.17) is 0 Å². The van der Waals surface area contributed by atoms with Crippen molar-refractivity contribution in [3.8, 4) is 0 Å². The summed E-state index contributed by atoms with van der Waals surface area (Å²) in [5.74, 6) is 0. The van der Waals surface area contributed by atoms with E-state index in [-0.39, 0.29) is 0 Å². The molecule has 0 spiro atoms. The molecule has 0 saturated carbocycles. The first-order valence-electron chi connectivity index (χ1n) is 4.22. The van der Waals surface area contributed by atoms with Crippen molar-refractivity contribution in [2.45, 2.75) is 32.7 Å². The lowest BCUT2D eigenvalue weighted by molar-refractivity contribution is 0.299. The summed E-state index contributed by atoms with van der Waals surface area (Å²) in [4.78, 5) is 2.46. The first kappa shape index (κ1) is 10.2. The van der Waals surface area contributed by atoms with Crippen LogP contribution in [0.4, 0.5) is 0 Å². The summed E-state index contributed by atoms with van der Waals surface area (Å²) in [6.45, 7) is 8.09. The van der Waals surface area contributed by atoms with Crippen molar-refractivity contribution < 1.29 is 0 Å². The molecule has 0 aliphatic carbocycles. The number of rotatable bonds is 6. The second-order valence-corrected chi connectivity index (χ2v) is 2.98. The molecule has 0 fully saturated rings. The van der Waals surface area contributed by atoms with E-state index < -0.39 is 0 Å². The Kier molecular flexibility index (Phi) is 7.41. The zero-order valence-electron chi connectivity index (χ0n) is 7.19. The van der Waals surface area contributed by atoms with Gasteiger partial charge in [-0.2, -0.15) is 0 Å². The van der Waals surface area contributed by atoms with E-state index in [0.29, 0.717) is 0 Å². The summed E-state index contributed by atoms with van der Waals surface area (Å²) >= 11 is 0. The van der Waals surface area contributed by atoms with E-state index in [2.05, 4.69) is 29.0 Å². The minimum atomic E-state index is 1.14. The molecule has 0 aromatic carbocycles. The largest absolute Gasteiger partial charge is 0.304 e. The molecular formula is C8H18NSi. The molecule has 2 heteroatoms. The van der Waals surface area contributed by atoms with Crippen molar-refractivity contribution in [1.29, 1.82) is 0 Å². The van der Waals surface area contributed by atoms with E-state index in [1.807, 2.05) is 0 Å². The molecule has 59 valence electrons. The monoisotopic (exact) mass is 156 g/mol. The Hall–Kier alpha value is 0.177. The van der Waals surface area contributed by atoms with Crippen molar-refractivity contribution in [1.82, 2.24) is 4.90 Å². The van der Waals surface area contributed by atoms with Crippen LogP contribution in [0.3, 0.4) is 0 Å². The van der Waals surface area contributed by atoms with Crippen LogP contribution in [0, 0.1) is 0 Å². The molecule has 0 aliphatic heterocycles. The van der Waals surface area contributed by atoms with Gasteiger partial charge in [0.1, 0.15) is 0 Å². The van der Waals surface area contributed by atoms with Gasteiger partial charge in [0.25, 0.3) is 0 Å². The Labute approximate surface area is 68.2 Å². The van der Waals surface area contributed by atoms with Gasteiger partial charge in [-0.05, 0) is 26.1 Å². The van der Waals surface area contributed by atoms with Crippen molar-refractivity contribution >= 4 is 10.2 Å². The molecule has 0 aliphatic rings. The fraction of sp³-hybridized carbons (Fsp3) is 1.00. The molecule has 3 radical (unpaired) electrons. The third-order valence-electron chi connectivity index (χ3n) is 1.80. The normalized spacial score (nSPS) is 10.8. The third-order valence-corrected chi connectivity index (χ3v) is 2.15. The highest BCUT2D eigenvalue weighted by molar-refractivity contribution is 6.08. The lowest BCUT2D eigenvalue weighted by Crippen LogP contribution is -2.23. The van der Waals surface area contributed by atoms with Gasteiger partial charge in [0.2, 0.25) is 0 Å². The number of nitrogens with zero attached hydrogens (tertiary/aromatic N) is 1. The molecular weight excluding hydrogens is 138 g/mol. The Morgan fingerprint density at radius 3 is 2.10 bits per heavy atom.